The molecular weight excluding hydrogens is 374 g/mol. The van der Waals surface area contributed by atoms with E-state index in [1.807, 2.05) is 35.2 Å². The lowest BCUT2D eigenvalue weighted by atomic mass is 9.97. The van der Waals surface area contributed by atoms with E-state index >= 15 is 0 Å². The summed E-state index contributed by atoms with van der Waals surface area (Å²) < 4.78 is 26.6. The van der Waals surface area contributed by atoms with Gasteiger partial charge in [0.2, 0.25) is 15.9 Å². The quantitative estimate of drug-likeness (QED) is 0.755. The Labute approximate surface area is 168 Å². The highest BCUT2D eigenvalue weighted by Gasteiger charge is 2.31. The first-order chi connectivity index (χ1) is 13.4. The van der Waals surface area contributed by atoms with Gasteiger partial charge < -0.3 is 4.90 Å². The minimum absolute atomic E-state index is 0.167. The van der Waals surface area contributed by atoms with Crippen LogP contribution >= 0.6 is 0 Å². The van der Waals surface area contributed by atoms with E-state index in [4.69, 9.17) is 0 Å². The van der Waals surface area contributed by atoms with E-state index in [1.54, 1.807) is 6.08 Å². The lowest BCUT2D eigenvalue weighted by Gasteiger charge is -2.41. The third-order valence-electron chi connectivity index (χ3n) is 5.76. The monoisotopic (exact) mass is 405 g/mol. The summed E-state index contributed by atoms with van der Waals surface area (Å²) in [7, 11) is -3.44. The molecule has 28 heavy (non-hydrogen) atoms. The van der Waals surface area contributed by atoms with Gasteiger partial charge in [0.1, 0.15) is 0 Å². The molecule has 2 fully saturated rings. The van der Waals surface area contributed by atoms with Gasteiger partial charge in [0, 0.05) is 43.7 Å². The maximum Gasteiger partial charge on any atom is 0.237 e. The number of hydrogen-bond acceptors (Lipinski definition) is 4. The third-order valence-corrected chi connectivity index (χ3v) is 7.33. The number of likely N-dealkylation sites (tertiary alicyclic amines) is 1. The maximum absolute atomic E-state index is 12.8. The molecule has 3 rings (SSSR count). The topological polar surface area (TPSA) is 60.9 Å². The van der Waals surface area contributed by atoms with Crippen molar-refractivity contribution < 1.29 is 13.2 Å². The number of piperazine rings is 1. The molecule has 7 heteroatoms. The van der Waals surface area contributed by atoms with Crippen molar-refractivity contribution >= 4 is 22.0 Å². The molecule has 2 saturated heterocycles. The predicted octanol–water partition coefficient (Wildman–Crippen LogP) is 2.39. The zero-order chi connectivity index (χ0) is 20.1. The number of amides is 1. The van der Waals surface area contributed by atoms with E-state index in [2.05, 4.69) is 18.7 Å². The Morgan fingerprint density at radius 3 is 2.25 bits per heavy atom. The van der Waals surface area contributed by atoms with Crippen LogP contribution in [0.1, 0.15) is 38.7 Å². The lowest BCUT2D eigenvalue weighted by Crippen LogP contribution is -2.54. The molecule has 0 unspecified atom stereocenters. The van der Waals surface area contributed by atoms with Crippen LogP contribution in [-0.4, -0.2) is 73.2 Å². The number of nitrogens with zero attached hydrogens (tertiary/aromatic N) is 3. The van der Waals surface area contributed by atoms with E-state index in [-0.39, 0.29) is 5.91 Å². The van der Waals surface area contributed by atoms with E-state index in [0.717, 1.165) is 18.4 Å². The van der Waals surface area contributed by atoms with Crippen molar-refractivity contribution in [2.24, 2.45) is 0 Å². The molecule has 0 aliphatic carbocycles. The van der Waals surface area contributed by atoms with Gasteiger partial charge in [0.15, 0.2) is 0 Å². The molecule has 1 aromatic rings. The zero-order valence-electron chi connectivity index (χ0n) is 16.8. The summed E-state index contributed by atoms with van der Waals surface area (Å²) in [5.74, 6) is 0.167. The van der Waals surface area contributed by atoms with Crippen LogP contribution in [-0.2, 0) is 14.8 Å². The van der Waals surface area contributed by atoms with Crippen LogP contribution in [0.3, 0.4) is 0 Å². The number of rotatable bonds is 5. The van der Waals surface area contributed by atoms with Gasteiger partial charge in [-0.1, -0.05) is 30.3 Å². The van der Waals surface area contributed by atoms with Gasteiger partial charge in [-0.3, -0.25) is 9.69 Å². The van der Waals surface area contributed by atoms with Crippen LogP contribution < -0.4 is 0 Å². The van der Waals surface area contributed by atoms with Crippen LogP contribution in [0, 0.1) is 0 Å². The fourth-order valence-corrected chi connectivity index (χ4v) is 5.32. The van der Waals surface area contributed by atoms with E-state index in [0.29, 0.717) is 44.8 Å². The smallest absolute Gasteiger partial charge is 0.237 e. The first-order valence-corrected chi connectivity index (χ1v) is 11.6. The molecule has 0 saturated carbocycles. The van der Waals surface area contributed by atoms with Crippen LogP contribution in [0.5, 0.6) is 0 Å². The van der Waals surface area contributed by atoms with Gasteiger partial charge >= 0.3 is 0 Å². The summed E-state index contributed by atoms with van der Waals surface area (Å²) in [6, 6.07) is 9.99. The molecule has 0 radical (unpaired) electrons. The second-order valence-electron chi connectivity index (χ2n) is 7.86. The van der Waals surface area contributed by atoms with Gasteiger partial charge in [-0.2, -0.15) is 4.31 Å². The highest BCUT2D eigenvalue weighted by molar-refractivity contribution is 7.92. The number of carbonyl (C=O) groups is 1. The van der Waals surface area contributed by atoms with E-state index < -0.39 is 10.0 Å². The molecule has 0 N–H and O–H groups in total. The summed E-state index contributed by atoms with van der Waals surface area (Å²) >= 11 is 0. The Kier molecular flexibility index (Phi) is 6.91. The van der Waals surface area contributed by atoms with Crippen molar-refractivity contribution in [1.82, 2.24) is 14.1 Å². The Balaban J connectivity index is 1.52. The van der Waals surface area contributed by atoms with Gasteiger partial charge in [0.25, 0.3) is 0 Å². The minimum Gasteiger partial charge on any atom is -0.336 e. The van der Waals surface area contributed by atoms with Crippen LogP contribution in [0.25, 0.3) is 6.08 Å². The Morgan fingerprint density at radius 1 is 1.04 bits per heavy atom. The number of sulfonamides is 1. The van der Waals surface area contributed by atoms with E-state index in [9.17, 15) is 13.2 Å². The summed E-state index contributed by atoms with van der Waals surface area (Å²) in [5, 5.41) is 1.28. The molecule has 0 aromatic heterocycles. The normalized spacial score (nSPS) is 25.3. The molecular formula is C21H31N3O3S. The van der Waals surface area contributed by atoms with Crippen molar-refractivity contribution in [3.05, 3.63) is 41.3 Å². The average Bonchev–Trinajstić information content (AvgIpc) is 2.68. The second kappa shape index (κ2) is 9.20. The fraction of sp³-hybridized carbons (Fsp3) is 0.571. The van der Waals surface area contributed by atoms with Crippen molar-refractivity contribution in [3.63, 3.8) is 0 Å². The molecule has 2 heterocycles. The van der Waals surface area contributed by atoms with Crippen molar-refractivity contribution in [2.45, 2.75) is 45.2 Å². The Morgan fingerprint density at radius 2 is 1.64 bits per heavy atom. The maximum atomic E-state index is 12.8. The summed E-state index contributed by atoms with van der Waals surface area (Å²) in [6.45, 7) is 6.62. The minimum atomic E-state index is -3.44. The molecule has 1 aromatic carbocycles. The molecule has 154 valence electrons. The Bertz CT molecular complexity index is 776. The van der Waals surface area contributed by atoms with Gasteiger partial charge in [-0.15, -0.1) is 0 Å². The fourth-order valence-electron chi connectivity index (χ4n) is 4.14. The summed E-state index contributed by atoms with van der Waals surface area (Å²) in [6.07, 6.45) is 4.94. The molecule has 2 aliphatic heterocycles. The molecule has 6 nitrogen and oxygen atoms in total. The third kappa shape index (κ3) is 5.21. The highest BCUT2D eigenvalue weighted by atomic mass is 32.2. The summed E-state index contributed by atoms with van der Waals surface area (Å²) in [5.41, 5.74) is 0.861. The molecule has 2 atom stereocenters. The highest BCUT2D eigenvalue weighted by Crippen LogP contribution is 2.23. The lowest BCUT2D eigenvalue weighted by molar-refractivity contribution is -0.138. The number of carbonyl (C=O) groups excluding carboxylic acids is 1. The average molecular weight is 406 g/mol. The van der Waals surface area contributed by atoms with Gasteiger partial charge in [-0.25, -0.2) is 8.42 Å². The van der Waals surface area contributed by atoms with Crippen LogP contribution in [0.2, 0.25) is 0 Å². The zero-order valence-corrected chi connectivity index (χ0v) is 17.6. The first kappa shape index (κ1) is 21.0. The van der Waals surface area contributed by atoms with Gasteiger partial charge in [0.05, 0.1) is 6.54 Å². The Hall–Kier alpha value is -1.70. The van der Waals surface area contributed by atoms with Crippen LogP contribution in [0.4, 0.5) is 0 Å². The molecule has 0 bridgehead atoms. The number of hydrogen-bond donors (Lipinski definition) is 0. The number of benzene rings is 1. The standard InChI is InChI=1S/C21H31N3O3S/c1-18-7-6-8-19(2)24(18)21(25)17-22-12-14-23(15-13-22)28(26,27)16-11-20-9-4-3-5-10-20/h3-5,9-11,16,18-19H,6-8,12-15,17H2,1-2H3/b16-11+/t18-,19-/m0/s1. The van der Waals surface area contributed by atoms with Crippen molar-refractivity contribution in [2.75, 3.05) is 32.7 Å². The SMILES string of the molecule is C[C@H]1CCC[C@H](C)N1C(=O)CN1CCN(S(=O)(=O)/C=C/c2ccccc2)CC1. The van der Waals surface area contributed by atoms with Crippen LogP contribution in [0.15, 0.2) is 35.7 Å². The van der Waals surface area contributed by atoms with Gasteiger partial charge in [-0.05, 0) is 44.7 Å². The largest absolute Gasteiger partial charge is 0.336 e. The van der Waals surface area contributed by atoms with E-state index in [1.165, 1.54) is 16.1 Å². The van der Waals surface area contributed by atoms with Crippen molar-refractivity contribution in [3.8, 4) is 0 Å². The van der Waals surface area contributed by atoms with Crippen molar-refractivity contribution in [1.29, 1.82) is 0 Å². The molecule has 0 spiro atoms. The number of piperidine rings is 1. The molecule has 1 amide bonds. The summed E-state index contributed by atoms with van der Waals surface area (Å²) in [4.78, 5) is 16.9. The first-order valence-electron chi connectivity index (χ1n) is 10.1. The second-order valence-corrected chi connectivity index (χ2v) is 9.68. The molecule has 2 aliphatic rings. The predicted molar refractivity (Wildman–Crippen MR) is 112 cm³/mol.